The number of ether oxygens (including phenoxy) is 4. The van der Waals surface area contributed by atoms with Crippen LogP contribution in [-0.4, -0.2) is 95.5 Å². The van der Waals surface area contributed by atoms with Crippen LogP contribution < -0.4 is 20.1 Å². The average molecular weight is 849 g/mol. The number of hydrogen-bond donors (Lipinski definition) is 2. The first-order valence-corrected chi connectivity index (χ1v) is 19.8. The fraction of sp³-hybridized carbons (Fsp3) is 0.568. The summed E-state index contributed by atoms with van der Waals surface area (Å²) in [6.45, 7) is 0.00416. The van der Waals surface area contributed by atoms with Crippen LogP contribution in [0.2, 0.25) is 0 Å². The minimum atomic E-state index is -1.24. The lowest BCUT2D eigenvalue weighted by molar-refractivity contribution is -0.148. The van der Waals surface area contributed by atoms with Crippen LogP contribution in [0.25, 0.3) is 10.9 Å². The van der Waals surface area contributed by atoms with Crippen molar-refractivity contribution in [3.05, 3.63) is 40.5 Å². The Morgan fingerprint density at radius 2 is 1.81 bits per heavy atom. The van der Waals surface area contributed by atoms with Crippen LogP contribution >= 0.6 is 31.9 Å². The van der Waals surface area contributed by atoms with Gasteiger partial charge in [-0.1, -0.05) is 40.9 Å². The van der Waals surface area contributed by atoms with Gasteiger partial charge in [-0.25, -0.2) is 14.6 Å². The van der Waals surface area contributed by atoms with Crippen molar-refractivity contribution in [1.82, 2.24) is 20.5 Å². The Bertz CT molecular complexity index is 1750. The number of hydrogen-bond acceptors (Lipinski definition) is 10. The van der Waals surface area contributed by atoms with E-state index >= 15 is 0 Å². The summed E-state index contributed by atoms with van der Waals surface area (Å²) in [4.78, 5) is 73.7. The second-order valence-electron chi connectivity index (χ2n) is 13.9. The van der Waals surface area contributed by atoms with Crippen LogP contribution in [0, 0.1) is 5.92 Å². The van der Waals surface area contributed by atoms with Crippen molar-refractivity contribution < 1.29 is 42.9 Å². The predicted molar refractivity (Wildman–Crippen MR) is 198 cm³/mol. The number of fused-ring (bicyclic) bond motifs is 3. The molecule has 52 heavy (non-hydrogen) atoms. The highest BCUT2D eigenvalue weighted by Gasteiger charge is 2.62. The van der Waals surface area contributed by atoms with Gasteiger partial charge in [-0.2, -0.15) is 0 Å². The Morgan fingerprint density at radius 1 is 1.04 bits per heavy atom. The zero-order valence-electron chi connectivity index (χ0n) is 29.3. The Kier molecular flexibility index (Phi) is 12.1. The van der Waals surface area contributed by atoms with Gasteiger partial charge in [-0.05, 0) is 79.4 Å². The van der Waals surface area contributed by atoms with Crippen molar-refractivity contribution >= 4 is 72.4 Å². The van der Waals surface area contributed by atoms with Gasteiger partial charge in [0, 0.05) is 23.8 Å². The molecule has 13 nitrogen and oxygen atoms in total. The number of Topliss-reactive ketones (excluding diaryl/α,β-unsaturated/α-hetero) is 1. The number of esters is 1. The lowest BCUT2D eigenvalue weighted by Crippen LogP contribution is -2.56. The smallest absolute Gasteiger partial charge is 0.408 e. The van der Waals surface area contributed by atoms with Crippen molar-refractivity contribution in [2.75, 3.05) is 26.1 Å². The molecule has 2 N–H and O–H groups in total. The quantitative estimate of drug-likeness (QED) is 0.149. The van der Waals surface area contributed by atoms with Crippen LogP contribution in [0.5, 0.6) is 11.5 Å². The molecule has 1 aromatic heterocycles. The minimum Gasteiger partial charge on any atom is -0.495 e. The molecule has 0 spiro atoms. The summed E-state index contributed by atoms with van der Waals surface area (Å²) >= 11 is 6.77. The normalized spacial score (nSPS) is 26.7. The van der Waals surface area contributed by atoms with Gasteiger partial charge in [0.15, 0.2) is 5.78 Å². The average Bonchev–Trinajstić information content (AvgIpc) is 3.42. The van der Waals surface area contributed by atoms with Gasteiger partial charge in [-0.3, -0.25) is 14.4 Å². The number of carbonyl (C=O) groups excluding carboxylic acids is 5. The zero-order chi connectivity index (χ0) is 37.0. The molecule has 2 aliphatic heterocycles. The van der Waals surface area contributed by atoms with E-state index < -0.39 is 47.6 Å². The van der Waals surface area contributed by atoms with E-state index in [1.54, 1.807) is 18.2 Å². The molecule has 280 valence electrons. The van der Waals surface area contributed by atoms with Gasteiger partial charge in [-0.15, -0.1) is 0 Å². The first-order valence-electron chi connectivity index (χ1n) is 17.9. The Labute approximate surface area is 319 Å². The maximum absolute atomic E-state index is 14.5. The fourth-order valence-electron chi connectivity index (χ4n) is 7.50. The Hall–Kier alpha value is -3.72. The summed E-state index contributed by atoms with van der Waals surface area (Å²) in [6, 6.07) is 3.09. The van der Waals surface area contributed by atoms with Gasteiger partial charge in [0.1, 0.15) is 47.0 Å². The number of halogens is 2. The molecule has 2 aliphatic carbocycles. The molecule has 1 unspecified atom stereocenters. The van der Waals surface area contributed by atoms with Gasteiger partial charge in [0.2, 0.25) is 11.8 Å². The van der Waals surface area contributed by atoms with Crippen LogP contribution in [-0.2, 0) is 23.9 Å². The Morgan fingerprint density at radius 3 is 2.54 bits per heavy atom. The van der Waals surface area contributed by atoms with Crippen molar-refractivity contribution in [3.8, 4) is 11.5 Å². The largest absolute Gasteiger partial charge is 0.495 e. The summed E-state index contributed by atoms with van der Waals surface area (Å²) in [7, 11) is 2.81. The number of nitrogens with zero attached hydrogens (tertiary/aromatic N) is 2. The number of ketones is 1. The van der Waals surface area contributed by atoms with Crippen LogP contribution in [0.4, 0.5) is 4.79 Å². The van der Waals surface area contributed by atoms with E-state index in [-0.39, 0.29) is 41.8 Å². The number of methoxy groups -OCH3 is 2. The molecular formula is C37H44Br2N4O9. The number of benzene rings is 1. The van der Waals surface area contributed by atoms with E-state index in [9.17, 15) is 24.0 Å². The third kappa shape index (κ3) is 8.09. The maximum atomic E-state index is 14.5. The monoisotopic (exact) mass is 846 g/mol. The molecule has 3 heterocycles. The van der Waals surface area contributed by atoms with Crippen molar-refractivity contribution in [2.45, 2.75) is 100 Å². The number of aromatic nitrogens is 1. The number of alkyl halides is 1. The van der Waals surface area contributed by atoms with Gasteiger partial charge in [0.05, 0.1) is 36.1 Å². The standard InChI is InChI=1S/C37H44Br2N4O9/c1-49-29-15-14-24-30(17-26(28(44)19-38)40-32(24)31(29)39)51-23-16-27-33(45)42-37(35(47)50-2)18-21(37)10-6-4-3-5-7-13-25(34(46)43(27)20-23)41-36(48)52-22-11-8-9-12-22/h6,10,14-15,17,21-23,25,27H,3-5,7-9,11-13,16,18-20H2,1-2H3,(H,41,48)(H,42,45)/t21?,23-,25+,27+,37-/m1/s1. The van der Waals surface area contributed by atoms with Crippen LogP contribution in [0.1, 0.15) is 81.1 Å². The fourth-order valence-corrected chi connectivity index (χ4v) is 8.39. The SMILES string of the molecule is COC(=O)[C@@]12CC1C=CCCCCC[C@H](NC(=O)OC1CCCC1)C(=O)N1C[C@H](Oc3cc(C(=O)CBr)nc4c(Br)c(OC)ccc34)C[C@H]1C(=O)N2. The topological polar surface area (TPSA) is 162 Å². The molecular weight excluding hydrogens is 804 g/mol. The second-order valence-corrected chi connectivity index (χ2v) is 15.2. The van der Waals surface area contributed by atoms with E-state index in [1.165, 1.54) is 19.1 Å². The molecule has 3 amide bonds. The van der Waals surface area contributed by atoms with Crippen LogP contribution in [0.3, 0.4) is 0 Å². The summed E-state index contributed by atoms with van der Waals surface area (Å²) in [5.74, 6) is -1.17. The molecule has 5 atom stereocenters. The highest BCUT2D eigenvalue weighted by Crippen LogP contribution is 2.46. The van der Waals surface area contributed by atoms with Gasteiger partial charge >= 0.3 is 12.1 Å². The van der Waals surface area contributed by atoms with E-state index in [4.69, 9.17) is 18.9 Å². The zero-order valence-corrected chi connectivity index (χ0v) is 32.5. The predicted octanol–water partition coefficient (Wildman–Crippen LogP) is 5.54. The molecule has 1 saturated heterocycles. The molecule has 2 aromatic rings. The maximum Gasteiger partial charge on any atom is 0.408 e. The van der Waals surface area contributed by atoms with Crippen molar-refractivity contribution in [1.29, 1.82) is 0 Å². The third-order valence-corrected chi connectivity index (χ3v) is 11.7. The number of rotatable bonds is 8. The van der Waals surface area contributed by atoms with Gasteiger partial charge in [0.25, 0.3) is 0 Å². The molecule has 0 radical (unpaired) electrons. The van der Waals surface area contributed by atoms with Crippen LogP contribution in [0.15, 0.2) is 34.8 Å². The number of amides is 3. The van der Waals surface area contributed by atoms with E-state index in [1.807, 2.05) is 12.2 Å². The molecule has 2 saturated carbocycles. The summed E-state index contributed by atoms with van der Waals surface area (Å²) in [6.07, 6.45) is 9.91. The summed E-state index contributed by atoms with van der Waals surface area (Å²) in [5, 5.41) is 6.39. The molecule has 15 heteroatoms. The van der Waals surface area contributed by atoms with Crippen molar-refractivity contribution in [3.63, 3.8) is 0 Å². The molecule has 4 aliphatic rings. The lowest BCUT2D eigenvalue weighted by atomic mass is 10.0. The number of pyridine rings is 1. The molecule has 0 bridgehead atoms. The van der Waals surface area contributed by atoms with E-state index in [2.05, 4.69) is 47.5 Å². The third-order valence-electron chi connectivity index (χ3n) is 10.4. The lowest BCUT2D eigenvalue weighted by Gasteiger charge is -2.29. The van der Waals surface area contributed by atoms with Gasteiger partial charge < -0.3 is 34.5 Å². The van der Waals surface area contributed by atoms with Crippen molar-refractivity contribution in [2.24, 2.45) is 5.92 Å². The minimum absolute atomic E-state index is 0.00416. The Balaban J connectivity index is 1.33. The first-order chi connectivity index (χ1) is 25.1. The second kappa shape index (κ2) is 16.5. The number of allylic oxidation sites excluding steroid dienone is 1. The highest BCUT2D eigenvalue weighted by atomic mass is 79.9. The molecule has 1 aromatic carbocycles. The number of carbonyl (C=O) groups is 5. The number of nitrogens with one attached hydrogen (secondary N) is 2. The first kappa shape index (κ1) is 38.0. The highest BCUT2D eigenvalue weighted by molar-refractivity contribution is 9.10. The number of alkyl carbamates (subject to hydrolysis) is 1. The summed E-state index contributed by atoms with van der Waals surface area (Å²) < 4.78 is 23.4. The summed E-state index contributed by atoms with van der Waals surface area (Å²) in [5.41, 5.74) is -0.634. The van der Waals surface area contributed by atoms with E-state index in [0.717, 1.165) is 44.9 Å². The molecule has 6 rings (SSSR count). The van der Waals surface area contributed by atoms with E-state index in [0.29, 0.717) is 46.1 Å². The molecule has 3 fully saturated rings.